The molecule has 2 aromatic carbocycles. The highest BCUT2D eigenvalue weighted by atomic mass is 16.5. The number of nitrogens with one attached hydrogen (secondary N) is 3. The van der Waals surface area contributed by atoms with Crippen LogP contribution in [0, 0.1) is 0 Å². The second-order valence-corrected chi connectivity index (χ2v) is 5.18. The normalized spacial score (nSPS) is 15.9. The first-order valence-corrected chi connectivity index (χ1v) is 7.26. The Morgan fingerprint density at radius 1 is 1.13 bits per heavy atom. The van der Waals surface area contributed by atoms with Crippen molar-refractivity contribution in [2.45, 2.75) is 12.5 Å². The molecule has 23 heavy (non-hydrogen) atoms. The lowest BCUT2D eigenvalue weighted by Gasteiger charge is -2.26. The maximum atomic E-state index is 12.2. The lowest BCUT2D eigenvalue weighted by Crippen LogP contribution is -2.41. The van der Waals surface area contributed by atoms with Crippen molar-refractivity contribution in [2.24, 2.45) is 0 Å². The standard InChI is InChI=1S/C17H17N3O3/c1-23-15-9-5-4-8-13(15)19-16(21)10-14-17(22)20-12-7-3-2-6-11(12)18-14/h2-9,14,18H,10H2,1H3,(H,19,21)(H,20,22). The maximum Gasteiger partial charge on any atom is 0.247 e. The first-order valence-electron chi connectivity index (χ1n) is 7.26. The van der Waals surface area contributed by atoms with E-state index in [1.54, 1.807) is 18.2 Å². The predicted octanol–water partition coefficient (Wildman–Crippen LogP) is 2.46. The number of ether oxygens (including phenoxy) is 1. The number of fused-ring (bicyclic) bond motifs is 1. The van der Waals surface area contributed by atoms with Crippen LogP contribution in [-0.4, -0.2) is 25.0 Å². The van der Waals surface area contributed by atoms with Gasteiger partial charge in [0.2, 0.25) is 11.8 Å². The van der Waals surface area contributed by atoms with Crippen LogP contribution in [0.3, 0.4) is 0 Å². The van der Waals surface area contributed by atoms with E-state index >= 15 is 0 Å². The van der Waals surface area contributed by atoms with E-state index in [1.165, 1.54) is 7.11 Å². The predicted molar refractivity (Wildman–Crippen MR) is 88.7 cm³/mol. The van der Waals surface area contributed by atoms with Gasteiger partial charge in [-0.25, -0.2) is 0 Å². The van der Waals surface area contributed by atoms with E-state index < -0.39 is 6.04 Å². The second kappa shape index (κ2) is 6.39. The van der Waals surface area contributed by atoms with Crippen LogP contribution in [0.15, 0.2) is 48.5 Å². The minimum Gasteiger partial charge on any atom is -0.495 e. The fourth-order valence-corrected chi connectivity index (χ4v) is 2.47. The van der Waals surface area contributed by atoms with Gasteiger partial charge in [-0.15, -0.1) is 0 Å². The Hall–Kier alpha value is -3.02. The third kappa shape index (κ3) is 3.26. The van der Waals surface area contributed by atoms with Crippen molar-refractivity contribution in [3.8, 4) is 5.75 Å². The van der Waals surface area contributed by atoms with Gasteiger partial charge in [0.1, 0.15) is 11.8 Å². The summed E-state index contributed by atoms with van der Waals surface area (Å²) in [5.74, 6) is 0.0904. The van der Waals surface area contributed by atoms with Gasteiger partial charge < -0.3 is 20.7 Å². The molecule has 0 saturated heterocycles. The van der Waals surface area contributed by atoms with Gasteiger partial charge in [-0.1, -0.05) is 24.3 Å². The molecule has 3 N–H and O–H groups in total. The van der Waals surface area contributed by atoms with Gasteiger partial charge in [-0.3, -0.25) is 9.59 Å². The van der Waals surface area contributed by atoms with Crippen LogP contribution in [0.25, 0.3) is 0 Å². The molecule has 118 valence electrons. The minimum absolute atomic E-state index is 0.0260. The van der Waals surface area contributed by atoms with E-state index in [-0.39, 0.29) is 18.2 Å². The molecule has 6 heteroatoms. The van der Waals surface area contributed by atoms with Crippen LogP contribution >= 0.6 is 0 Å². The van der Waals surface area contributed by atoms with Crippen LogP contribution < -0.4 is 20.7 Å². The number of amides is 2. The van der Waals surface area contributed by atoms with Crippen LogP contribution in [0.1, 0.15) is 6.42 Å². The smallest absolute Gasteiger partial charge is 0.247 e. The van der Waals surface area contributed by atoms with E-state index in [4.69, 9.17) is 4.74 Å². The van der Waals surface area contributed by atoms with Gasteiger partial charge in [0.05, 0.1) is 30.6 Å². The topological polar surface area (TPSA) is 79.5 Å². The molecule has 0 radical (unpaired) electrons. The highest BCUT2D eigenvalue weighted by molar-refractivity contribution is 6.06. The molecule has 1 aliphatic rings. The lowest BCUT2D eigenvalue weighted by molar-refractivity contribution is -0.122. The number of methoxy groups -OCH3 is 1. The molecule has 0 saturated carbocycles. The average Bonchev–Trinajstić information content (AvgIpc) is 2.56. The van der Waals surface area contributed by atoms with Gasteiger partial charge in [-0.05, 0) is 24.3 Å². The number of carbonyl (C=O) groups excluding carboxylic acids is 2. The van der Waals surface area contributed by atoms with E-state index in [0.29, 0.717) is 11.4 Å². The zero-order valence-corrected chi connectivity index (χ0v) is 12.6. The Balaban J connectivity index is 1.68. The molecule has 0 fully saturated rings. The Morgan fingerprint density at radius 3 is 2.61 bits per heavy atom. The Bertz CT molecular complexity index is 745. The fourth-order valence-electron chi connectivity index (χ4n) is 2.47. The number of hydrogen-bond acceptors (Lipinski definition) is 4. The molecule has 2 amide bonds. The SMILES string of the molecule is COc1ccccc1NC(=O)CC1Nc2ccccc2NC1=O. The lowest BCUT2D eigenvalue weighted by atomic mass is 10.1. The van der Waals surface area contributed by atoms with Gasteiger partial charge in [-0.2, -0.15) is 0 Å². The van der Waals surface area contributed by atoms with Crippen molar-refractivity contribution in [2.75, 3.05) is 23.1 Å². The summed E-state index contributed by atoms with van der Waals surface area (Å²) in [6, 6.07) is 13.9. The van der Waals surface area contributed by atoms with E-state index in [2.05, 4.69) is 16.0 Å². The summed E-state index contributed by atoms with van der Waals surface area (Å²) in [7, 11) is 1.54. The molecule has 1 atom stereocenters. The summed E-state index contributed by atoms with van der Waals surface area (Å²) in [5, 5.41) is 8.65. The third-order valence-electron chi connectivity index (χ3n) is 3.60. The Kier molecular flexibility index (Phi) is 4.14. The summed E-state index contributed by atoms with van der Waals surface area (Å²) >= 11 is 0. The van der Waals surface area contributed by atoms with E-state index in [9.17, 15) is 9.59 Å². The van der Waals surface area contributed by atoms with E-state index in [1.807, 2.05) is 30.3 Å². The zero-order valence-electron chi connectivity index (χ0n) is 12.6. The van der Waals surface area contributed by atoms with Crippen LogP contribution in [-0.2, 0) is 9.59 Å². The van der Waals surface area contributed by atoms with Crippen LogP contribution in [0.5, 0.6) is 5.75 Å². The van der Waals surface area contributed by atoms with Crippen molar-refractivity contribution in [3.05, 3.63) is 48.5 Å². The summed E-state index contributed by atoms with van der Waals surface area (Å²) in [5.41, 5.74) is 2.11. The molecule has 0 bridgehead atoms. The molecule has 0 aliphatic carbocycles. The number of hydrogen-bond donors (Lipinski definition) is 3. The molecular weight excluding hydrogens is 294 g/mol. The van der Waals surface area contributed by atoms with Crippen molar-refractivity contribution in [1.82, 2.24) is 0 Å². The van der Waals surface area contributed by atoms with Crippen LogP contribution in [0.4, 0.5) is 17.1 Å². The quantitative estimate of drug-likeness (QED) is 0.810. The van der Waals surface area contributed by atoms with E-state index in [0.717, 1.165) is 11.4 Å². The van der Waals surface area contributed by atoms with Crippen LogP contribution in [0.2, 0.25) is 0 Å². The summed E-state index contributed by atoms with van der Waals surface area (Å²) in [6.07, 6.45) is 0.0260. The van der Waals surface area contributed by atoms with Crippen molar-refractivity contribution < 1.29 is 14.3 Å². The maximum absolute atomic E-state index is 12.2. The molecule has 1 unspecified atom stereocenters. The average molecular weight is 311 g/mol. The summed E-state index contributed by atoms with van der Waals surface area (Å²) < 4.78 is 5.19. The molecule has 0 spiro atoms. The van der Waals surface area contributed by atoms with Gasteiger partial charge >= 0.3 is 0 Å². The molecular formula is C17H17N3O3. The highest BCUT2D eigenvalue weighted by Gasteiger charge is 2.27. The largest absolute Gasteiger partial charge is 0.495 e. The molecule has 6 nitrogen and oxygen atoms in total. The van der Waals surface area contributed by atoms with Crippen molar-refractivity contribution in [3.63, 3.8) is 0 Å². The summed E-state index contributed by atoms with van der Waals surface area (Å²) in [6.45, 7) is 0. The van der Waals surface area contributed by atoms with Gasteiger partial charge in [0.25, 0.3) is 0 Å². The molecule has 3 rings (SSSR count). The fraction of sp³-hybridized carbons (Fsp3) is 0.176. The summed E-state index contributed by atoms with van der Waals surface area (Å²) in [4.78, 5) is 24.3. The number of carbonyl (C=O) groups is 2. The first kappa shape index (κ1) is 14.9. The van der Waals surface area contributed by atoms with Crippen molar-refractivity contribution >= 4 is 28.9 Å². The molecule has 1 heterocycles. The number of benzene rings is 2. The monoisotopic (exact) mass is 311 g/mol. The molecule has 2 aromatic rings. The zero-order chi connectivity index (χ0) is 16.2. The van der Waals surface area contributed by atoms with Crippen molar-refractivity contribution in [1.29, 1.82) is 0 Å². The third-order valence-corrected chi connectivity index (χ3v) is 3.60. The highest BCUT2D eigenvalue weighted by Crippen LogP contribution is 2.27. The van der Waals surface area contributed by atoms with Gasteiger partial charge in [0.15, 0.2) is 0 Å². The minimum atomic E-state index is -0.611. The number of para-hydroxylation sites is 4. The first-order chi connectivity index (χ1) is 11.2. The Labute approximate surface area is 133 Å². The second-order valence-electron chi connectivity index (χ2n) is 5.18. The molecule has 1 aliphatic heterocycles. The Morgan fingerprint density at radius 2 is 1.83 bits per heavy atom. The van der Waals surface area contributed by atoms with Gasteiger partial charge in [0, 0.05) is 0 Å². The number of rotatable bonds is 4. The molecule has 0 aromatic heterocycles. The number of anilines is 3.